The number of hydrogen-bond donors (Lipinski definition) is 0. The van der Waals surface area contributed by atoms with Gasteiger partial charge in [-0.25, -0.2) is 8.78 Å². The first kappa shape index (κ1) is 20.5. The van der Waals surface area contributed by atoms with Crippen molar-refractivity contribution >= 4 is 0 Å². The average Bonchev–Trinajstić information content (AvgIpc) is 2.73. The molecule has 0 aliphatic rings. The van der Waals surface area contributed by atoms with Gasteiger partial charge in [-0.3, -0.25) is 5.11 Å². The van der Waals surface area contributed by atoms with Crippen LogP contribution < -0.4 is 0 Å². The Kier molecular flexibility index (Phi) is 6.61. The summed E-state index contributed by atoms with van der Waals surface area (Å²) in [7, 11) is 0. The molecule has 3 aromatic carbocycles. The topological polar surface area (TPSA) is 43.7 Å². The van der Waals surface area contributed by atoms with E-state index >= 15 is 4.39 Å². The summed E-state index contributed by atoms with van der Waals surface area (Å²) in [6, 6.07) is 17.0. The van der Waals surface area contributed by atoms with Crippen molar-refractivity contribution in [1.82, 2.24) is 0 Å². The number of aryl methyl sites for hydroxylation is 2. The molecule has 0 unspecified atom stereocenters. The minimum Gasteiger partial charge on any atom is -0.289 e. The van der Waals surface area contributed by atoms with Crippen LogP contribution in [0.15, 0.2) is 54.6 Å². The molecule has 0 N–H and O–H groups in total. The lowest BCUT2D eigenvalue weighted by molar-refractivity contribution is 0.350. The Balaban J connectivity index is 1.86. The Labute approximate surface area is 170 Å². The van der Waals surface area contributed by atoms with E-state index in [0.717, 1.165) is 36.5 Å². The fourth-order valence-electron chi connectivity index (χ4n) is 3.37. The number of hydrogen-bond acceptors (Lipinski definition) is 1. The molecule has 2 nitrogen and oxygen atoms in total. The Morgan fingerprint density at radius 3 is 2.14 bits per heavy atom. The lowest BCUT2D eigenvalue weighted by Gasteiger charge is -2.12. The number of nitriles is 1. The molecule has 0 aliphatic heterocycles. The van der Waals surface area contributed by atoms with Gasteiger partial charge in [0.2, 0.25) is 0 Å². The molecule has 4 heteroatoms. The maximum Gasteiger partial charge on any atom is 0.192 e. The number of rotatable bonds is 7. The van der Waals surface area contributed by atoms with E-state index in [4.69, 9.17) is 5.26 Å². The smallest absolute Gasteiger partial charge is 0.192 e. The van der Waals surface area contributed by atoms with Gasteiger partial charge < -0.3 is 0 Å². The van der Waals surface area contributed by atoms with E-state index in [1.807, 2.05) is 18.2 Å². The highest BCUT2D eigenvalue weighted by atomic mass is 19.1. The number of halogens is 2. The SMILES string of the molecule is CCCCc1ccc(-c2c([O])cc(F)c(CCc3ccc(C#N)cc3)c2F)cc1. The molecule has 0 amide bonds. The van der Waals surface area contributed by atoms with Gasteiger partial charge in [-0.2, -0.15) is 5.26 Å². The van der Waals surface area contributed by atoms with Gasteiger partial charge in [-0.1, -0.05) is 49.7 Å². The second-order valence-corrected chi connectivity index (χ2v) is 7.13. The predicted molar refractivity (Wildman–Crippen MR) is 109 cm³/mol. The summed E-state index contributed by atoms with van der Waals surface area (Å²) in [6.45, 7) is 2.12. The summed E-state index contributed by atoms with van der Waals surface area (Å²) in [5.74, 6) is -2.25. The van der Waals surface area contributed by atoms with E-state index in [1.165, 1.54) is 0 Å². The molecule has 0 saturated heterocycles. The highest BCUT2D eigenvalue weighted by Gasteiger charge is 2.20. The molecule has 0 spiro atoms. The quantitative estimate of drug-likeness (QED) is 0.439. The lowest BCUT2D eigenvalue weighted by atomic mass is 9.95. The lowest BCUT2D eigenvalue weighted by Crippen LogP contribution is -2.01. The van der Waals surface area contributed by atoms with Gasteiger partial charge in [0.25, 0.3) is 0 Å². The monoisotopic (exact) mass is 390 g/mol. The Morgan fingerprint density at radius 2 is 1.52 bits per heavy atom. The molecule has 0 aromatic heterocycles. The van der Waals surface area contributed by atoms with Crippen LogP contribution in [0.2, 0.25) is 0 Å². The van der Waals surface area contributed by atoms with Crippen molar-refractivity contribution in [1.29, 1.82) is 5.26 Å². The van der Waals surface area contributed by atoms with Gasteiger partial charge >= 0.3 is 0 Å². The summed E-state index contributed by atoms with van der Waals surface area (Å²) in [5, 5.41) is 21.2. The summed E-state index contributed by atoms with van der Waals surface area (Å²) >= 11 is 0. The second kappa shape index (κ2) is 9.34. The summed E-state index contributed by atoms with van der Waals surface area (Å²) in [4.78, 5) is 0. The fraction of sp³-hybridized carbons (Fsp3) is 0.240. The standard InChI is InChI=1S/C25H22F2NO/c1-2-3-4-17-9-12-20(13-10-17)24-23(29)15-22(26)21(25(24)27)14-11-18-5-7-19(16-28)8-6-18/h5-10,12-13,15H,2-4,11,14H2,1H3. The van der Waals surface area contributed by atoms with Gasteiger partial charge in [0.05, 0.1) is 17.2 Å². The third-order valence-electron chi connectivity index (χ3n) is 5.09. The number of unbranched alkanes of at least 4 members (excludes halogenated alkanes) is 1. The number of nitrogens with zero attached hydrogens (tertiary/aromatic N) is 1. The van der Waals surface area contributed by atoms with E-state index in [0.29, 0.717) is 17.5 Å². The highest BCUT2D eigenvalue weighted by Crippen LogP contribution is 2.36. The maximum absolute atomic E-state index is 15.1. The predicted octanol–water partition coefficient (Wildman–Crippen LogP) is 6.78. The minimum atomic E-state index is -0.815. The third kappa shape index (κ3) is 4.81. The Bertz CT molecular complexity index is 1020. The van der Waals surface area contributed by atoms with E-state index in [1.54, 1.807) is 36.4 Å². The number of benzene rings is 3. The van der Waals surface area contributed by atoms with Crippen molar-refractivity contribution in [2.24, 2.45) is 0 Å². The normalized spacial score (nSPS) is 10.7. The van der Waals surface area contributed by atoms with Crippen molar-refractivity contribution in [3.63, 3.8) is 0 Å². The minimum absolute atomic E-state index is 0.0803. The van der Waals surface area contributed by atoms with Gasteiger partial charge in [0.15, 0.2) is 5.75 Å². The van der Waals surface area contributed by atoms with E-state index < -0.39 is 17.4 Å². The van der Waals surface area contributed by atoms with Crippen molar-refractivity contribution in [3.05, 3.63) is 88.5 Å². The van der Waals surface area contributed by atoms with Crippen LogP contribution >= 0.6 is 0 Å². The largest absolute Gasteiger partial charge is 0.289 e. The third-order valence-corrected chi connectivity index (χ3v) is 5.09. The fourth-order valence-corrected chi connectivity index (χ4v) is 3.37. The van der Waals surface area contributed by atoms with Crippen LogP contribution in [-0.2, 0) is 24.4 Å². The first-order valence-electron chi connectivity index (χ1n) is 9.79. The average molecular weight is 390 g/mol. The second-order valence-electron chi connectivity index (χ2n) is 7.13. The van der Waals surface area contributed by atoms with Crippen LogP contribution in [-0.4, -0.2) is 0 Å². The van der Waals surface area contributed by atoms with Gasteiger partial charge in [-0.05, 0) is 54.5 Å². The molecule has 29 heavy (non-hydrogen) atoms. The zero-order valence-electron chi connectivity index (χ0n) is 16.3. The van der Waals surface area contributed by atoms with Gasteiger partial charge in [0, 0.05) is 11.6 Å². The summed E-state index contributed by atoms with van der Waals surface area (Å²) in [5.41, 5.74) is 2.84. The zero-order valence-corrected chi connectivity index (χ0v) is 16.3. The van der Waals surface area contributed by atoms with Crippen LogP contribution in [0, 0.1) is 23.0 Å². The van der Waals surface area contributed by atoms with Gasteiger partial charge in [-0.15, -0.1) is 0 Å². The van der Waals surface area contributed by atoms with Crippen molar-refractivity contribution in [2.75, 3.05) is 0 Å². The molecule has 0 heterocycles. The summed E-state index contributed by atoms with van der Waals surface area (Å²) in [6.07, 6.45) is 3.62. The van der Waals surface area contributed by atoms with Gasteiger partial charge in [0.1, 0.15) is 11.6 Å². The van der Waals surface area contributed by atoms with Crippen molar-refractivity contribution < 1.29 is 13.9 Å². The molecule has 0 aliphatic carbocycles. The van der Waals surface area contributed by atoms with E-state index in [9.17, 15) is 9.50 Å². The van der Waals surface area contributed by atoms with Crippen molar-refractivity contribution in [2.45, 2.75) is 39.0 Å². The molecule has 1 radical (unpaired) electrons. The first-order chi connectivity index (χ1) is 14.0. The Morgan fingerprint density at radius 1 is 0.897 bits per heavy atom. The van der Waals surface area contributed by atoms with Crippen LogP contribution in [0.5, 0.6) is 5.75 Å². The molecular formula is C25H22F2NO. The zero-order chi connectivity index (χ0) is 20.8. The molecule has 3 rings (SSSR count). The highest BCUT2D eigenvalue weighted by molar-refractivity contribution is 5.72. The van der Waals surface area contributed by atoms with Crippen LogP contribution in [0.4, 0.5) is 8.78 Å². The molecular weight excluding hydrogens is 368 g/mol. The van der Waals surface area contributed by atoms with Crippen LogP contribution in [0.25, 0.3) is 11.1 Å². The van der Waals surface area contributed by atoms with E-state index in [-0.39, 0.29) is 17.5 Å². The van der Waals surface area contributed by atoms with Crippen molar-refractivity contribution in [3.8, 4) is 22.9 Å². The molecule has 147 valence electrons. The molecule has 0 bridgehead atoms. The molecule has 0 atom stereocenters. The molecule has 3 aromatic rings. The molecule has 0 fully saturated rings. The Hall–Kier alpha value is -3.19. The molecule has 0 saturated carbocycles. The van der Waals surface area contributed by atoms with E-state index in [2.05, 4.69) is 6.92 Å². The maximum atomic E-state index is 15.1. The van der Waals surface area contributed by atoms with Crippen LogP contribution in [0.3, 0.4) is 0 Å². The summed E-state index contributed by atoms with van der Waals surface area (Å²) < 4.78 is 29.5. The first-order valence-corrected chi connectivity index (χ1v) is 9.79. The van der Waals surface area contributed by atoms with Crippen LogP contribution in [0.1, 0.15) is 42.0 Å².